The van der Waals surface area contributed by atoms with E-state index in [0.29, 0.717) is 33.9 Å². The molecular weight excluding hydrogens is 398 g/mol. The fraction of sp³-hybridized carbons (Fsp3) is 0.263. The maximum Gasteiger partial charge on any atom is 0.232 e. The monoisotopic (exact) mass is 417 g/mol. The number of nitrogens with one attached hydrogen (secondary N) is 1. The van der Waals surface area contributed by atoms with Crippen molar-refractivity contribution in [3.63, 3.8) is 0 Å². The van der Waals surface area contributed by atoms with Crippen LogP contribution in [0.4, 0.5) is 0 Å². The molecule has 0 saturated heterocycles. The largest absolute Gasteiger partial charge is 0.472 e. The van der Waals surface area contributed by atoms with Gasteiger partial charge in [0.25, 0.3) is 0 Å². The summed E-state index contributed by atoms with van der Waals surface area (Å²) in [5, 5.41) is 8.24. The summed E-state index contributed by atoms with van der Waals surface area (Å²) in [5.41, 5.74) is 5.58. The SMILES string of the molecule is CNOC/C(=N/OC)c1ccccc1COc1ncc(-c2noc(C)n2)cc1Cl. The molecule has 3 aromatic rings. The van der Waals surface area contributed by atoms with Crippen molar-refractivity contribution < 1.29 is 18.9 Å². The number of rotatable bonds is 9. The van der Waals surface area contributed by atoms with Gasteiger partial charge in [0.15, 0.2) is 0 Å². The summed E-state index contributed by atoms with van der Waals surface area (Å²) >= 11 is 6.33. The predicted molar refractivity (Wildman–Crippen MR) is 107 cm³/mol. The number of pyridine rings is 1. The highest BCUT2D eigenvalue weighted by molar-refractivity contribution is 6.32. The van der Waals surface area contributed by atoms with Crippen molar-refractivity contribution in [2.45, 2.75) is 13.5 Å². The molecule has 0 spiro atoms. The van der Waals surface area contributed by atoms with Gasteiger partial charge in [0.1, 0.15) is 31.1 Å². The Kier molecular flexibility index (Phi) is 7.12. The van der Waals surface area contributed by atoms with E-state index in [-0.39, 0.29) is 13.2 Å². The molecule has 0 aliphatic carbocycles. The van der Waals surface area contributed by atoms with Crippen LogP contribution >= 0.6 is 11.6 Å². The number of hydrogen-bond donors (Lipinski definition) is 1. The highest BCUT2D eigenvalue weighted by atomic mass is 35.5. The molecule has 29 heavy (non-hydrogen) atoms. The van der Waals surface area contributed by atoms with Crippen molar-refractivity contribution in [3.8, 4) is 17.3 Å². The molecule has 0 saturated carbocycles. The van der Waals surface area contributed by atoms with Gasteiger partial charge < -0.3 is 14.1 Å². The van der Waals surface area contributed by atoms with Crippen LogP contribution in [0.3, 0.4) is 0 Å². The molecule has 0 aliphatic rings. The standard InChI is InChI=1S/C19H20ClN5O4/c1-12-23-18(25-29-12)14-8-16(20)19(22-9-14)27-10-13-6-4-5-7-15(13)17(24-26-3)11-28-21-2/h4-9,21H,10-11H2,1-3H3/b24-17-. The third-order valence-corrected chi connectivity index (χ3v) is 4.11. The van der Waals surface area contributed by atoms with Gasteiger partial charge in [-0.25, -0.2) is 10.5 Å². The zero-order valence-corrected chi connectivity index (χ0v) is 16.9. The van der Waals surface area contributed by atoms with Crippen molar-refractivity contribution in [1.82, 2.24) is 20.6 Å². The van der Waals surface area contributed by atoms with E-state index in [9.17, 15) is 0 Å². The molecule has 9 nitrogen and oxygen atoms in total. The fourth-order valence-electron chi connectivity index (χ4n) is 2.55. The maximum absolute atomic E-state index is 6.33. The van der Waals surface area contributed by atoms with Gasteiger partial charge in [-0.15, -0.1) is 0 Å². The number of ether oxygens (including phenoxy) is 1. The van der Waals surface area contributed by atoms with Gasteiger partial charge in [0.05, 0.1) is 0 Å². The van der Waals surface area contributed by atoms with E-state index in [1.807, 2.05) is 24.3 Å². The predicted octanol–water partition coefficient (Wildman–Crippen LogP) is 3.17. The number of hydroxylamine groups is 1. The molecular formula is C19H20ClN5O4. The van der Waals surface area contributed by atoms with E-state index >= 15 is 0 Å². The van der Waals surface area contributed by atoms with Crippen molar-refractivity contribution >= 4 is 17.3 Å². The van der Waals surface area contributed by atoms with Gasteiger partial charge >= 0.3 is 0 Å². The van der Waals surface area contributed by atoms with E-state index in [4.69, 9.17) is 30.5 Å². The molecule has 0 radical (unpaired) electrons. The highest BCUT2D eigenvalue weighted by Gasteiger charge is 2.14. The molecule has 0 amide bonds. The Morgan fingerprint density at radius 2 is 2.14 bits per heavy atom. The molecule has 152 valence electrons. The lowest BCUT2D eigenvalue weighted by Gasteiger charge is -2.13. The Bertz CT molecular complexity index is 992. The summed E-state index contributed by atoms with van der Waals surface area (Å²) in [6, 6.07) is 9.31. The van der Waals surface area contributed by atoms with Gasteiger partial charge in [-0.05, 0) is 11.6 Å². The summed E-state index contributed by atoms with van der Waals surface area (Å²) < 4.78 is 10.8. The lowest BCUT2D eigenvalue weighted by Crippen LogP contribution is -2.19. The number of hydrogen-bond acceptors (Lipinski definition) is 9. The second kappa shape index (κ2) is 9.97. The number of halogens is 1. The van der Waals surface area contributed by atoms with Crippen LogP contribution in [0.25, 0.3) is 11.4 Å². The van der Waals surface area contributed by atoms with Crippen molar-refractivity contribution in [2.24, 2.45) is 5.16 Å². The molecule has 0 aliphatic heterocycles. The van der Waals surface area contributed by atoms with Crippen LogP contribution in [-0.2, 0) is 16.3 Å². The Labute approximate surface area is 172 Å². The van der Waals surface area contributed by atoms with Crippen molar-refractivity contribution in [1.29, 1.82) is 0 Å². The summed E-state index contributed by atoms with van der Waals surface area (Å²) in [6.45, 7) is 2.16. The molecule has 1 N–H and O–H groups in total. The summed E-state index contributed by atoms with van der Waals surface area (Å²) in [4.78, 5) is 18.6. The Morgan fingerprint density at radius 3 is 2.83 bits per heavy atom. The molecule has 2 heterocycles. The zero-order chi connectivity index (χ0) is 20.6. The van der Waals surface area contributed by atoms with Crippen LogP contribution in [0, 0.1) is 6.92 Å². The Morgan fingerprint density at radius 1 is 1.31 bits per heavy atom. The summed E-state index contributed by atoms with van der Waals surface area (Å²) in [7, 11) is 3.15. The second-order valence-corrected chi connectivity index (χ2v) is 6.21. The molecule has 0 bridgehead atoms. The van der Waals surface area contributed by atoms with Crippen LogP contribution < -0.4 is 10.2 Å². The lowest BCUT2D eigenvalue weighted by atomic mass is 10.0. The first-order chi connectivity index (χ1) is 14.1. The first kappa shape index (κ1) is 20.7. The normalized spacial score (nSPS) is 11.5. The minimum atomic E-state index is 0.221. The van der Waals surface area contributed by atoms with Crippen LogP contribution in [-0.4, -0.2) is 41.6 Å². The van der Waals surface area contributed by atoms with E-state index in [1.54, 1.807) is 26.2 Å². The summed E-state index contributed by atoms with van der Waals surface area (Å²) in [6.07, 6.45) is 1.58. The second-order valence-electron chi connectivity index (χ2n) is 5.81. The van der Waals surface area contributed by atoms with E-state index in [2.05, 4.69) is 25.8 Å². The quantitative estimate of drug-likeness (QED) is 0.418. The van der Waals surface area contributed by atoms with Crippen LogP contribution in [0.2, 0.25) is 5.02 Å². The lowest BCUT2D eigenvalue weighted by molar-refractivity contribution is 0.0866. The number of nitrogens with zero attached hydrogens (tertiary/aromatic N) is 4. The third-order valence-electron chi connectivity index (χ3n) is 3.84. The third kappa shape index (κ3) is 5.29. The van der Waals surface area contributed by atoms with E-state index in [1.165, 1.54) is 7.11 Å². The minimum Gasteiger partial charge on any atom is -0.472 e. The number of aryl methyl sites for hydroxylation is 1. The number of aromatic nitrogens is 3. The molecule has 0 fully saturated rings. The van der Waals surface area contributed by atoms with Gasteiger partial charge in [0, 0.05) is 31.3 Å². The first-order valence-electron chi connectivity index (χ1n) is 8.68. The Balaban J connectivity index is 1.77. The average molecular weight is 418 g/mol. The van der Waals surface area contributed by atoms with Gasteiger partial charge in [-0.1, -0.05) is 46.2 Å². The number of benzene rings is 1. The minimum absolute atomic E-state index is 0.221. The van der Waals surface area contributed by atoms with Crippen molar-refractivity contribution in [2.75, 3.05) is 20.8 Å². The first-order valence-corrected chi connectivity index (χ1v) is 9.06. The molecule has 0 unspecified atom stereocenters. The van der Waals surface area contributed by atoms with Crippen LogP contribution in [0.1, 0.15) is 17.0 Å². The maximum atomic E-state index is 6.33. The van der Waals surface area contributed by atoms with E-state index < -0.39 is 0 Å². The zero-order valence-electron chi connectivity index (χ0n) is 16.2. The molecule has 0 atom stereocenters. The van der Waals surface area contributed by atoms with Gasteiger partial charge in [-0.2, -0.15) is 4.98 Å². The fourth-order valence-corrected chi connectivity index (χ4v) is 2.77. The van der Waals surface area contributed by atoms with Gasteiger partial charge in [0.2, 0.25) is 17.6 Å². The number of oxime groups is 1. The smallest absolute Gasteiger partial charge is 0.232 e. The Hall–Kier alpha value is -3.01. The highest BCUT2D eigenvalue weighted by Crippen LogP contribution is 2.27. The van der Waals surface area contributed by atoms with E-state index in [0.717, 1.165) is 11.1 Å². The summed E-state index contributed by atoms with van der Waals surface area (Å²) in [5.74, 6) is 1.17. The van der Waals surface area contributed by atoms with Crippen LogP contribution in [0.5, 0.6) is 5.88 Å². The molecule has 2 aromatic heterocycles. The topological polar surface area (TPSA) is 104 Å². The average Bonchev–Trinajstić information content (AvgIpc) is 3.17. The van der Waals surface area contributed by atoms with Gasteiger partial charge in [-0.3, -0.25) is 4.84 Å². The van der Waals surface area contributed by atoms with Crippen molar-refractivity contribution in [3.05, 3.63) is 58.6 Å². The molecule has 3 rings (SSSR count). The van der Waals surface area contributed by atoms with Crippen LogP contribution in [0.15, 0.2) is 46.2 Å². The molecule has 1 aromatic carbocycles. The molecule has 10 heteroatoms.